The number of nitrogens with one attached hydrogen (secondary N) is 2. The SMILES string of the molecule is CCCn1c(=O)ccc2c(-c3cnc(-c4ccc(C(=O)NCCN5CCOCC5)nc4)s3)[nH]nc21. The van der Waals surface area contributed by atoms with Gasteiger partial charge in [0.1, 0.15) is 10.7 Å². The van der Waals surface area contributed by atoms with Crippen molar-refractivity contribution in [2.24, 2.45) is 0 Å². The average Bonchev–Trinajstić information content (AvgIpc) is 3.54. The highest BCUT2D eigenvalue weighted by Gasteiger charge is 2.16. The number of aryl methyl sites for hydroxylation is 1. The molecule has 0 atom stereocenters. The van der Waals surface area contributed by atoms with Crippen LogP contribution in [0.3, 0.4) is 0 Å². The third-order valence-corrected chi connectivity index (χ3v) is 7.02. The van der Waals surface area contributed by atoms with Gasteiger partial charge in [-0.25, -0.2) is 4.98 Å². The van der Waals surface area contributed by atoms with Gasteiger partial charge in [0.25, 0.3) is 11.5 Å². The Morgan fingerprint density at radius 3 is 2.77 bits per heavy atom. The van der Waals surface area contributed by atoms with Crippen LogP contribution in [0.25, 0.3) is 32.2 Å². The maximum atomic E-state index is 12.5. The van der Waals surface area contributed by atoms with Crippen molar-refractivity contribution in [1.29, 1.82) is 0 Å². The summed E-state index contributed by atoms with van der Waals surface area (Å²) in [6, 6.07) is 6.95. The molecular formula is C24H27N7O3S. The summed E-state index contributed by atoms with van der Waals surface area (Å²) in [6.45, 7) is 7.29. The van der Waals surface area contributed by atoms with Gasteiger partial charge in [-0.3, -0.25) is 29.1 Å². The second-order valence-electron chi connectivity index (χ2n) is 8.33. The first kappa shape index (κ1) is 23.3. The molecule has 1 aliphatic rings. The van der Waals surface area contributed by atoms with Gasteiger partial charge in [-0.05, 0) is 24.6 Å². The molecule has 0 radical (unpaired) electrons. The molecule has 0 aliphatic carbocycles. The molecule has 5 rings (SSSR count). The molecule has 11 heteroatoms. The first-order valence-electron chi connectivity index (χ1n) is 11.7. The fourth-order valence-electron chi connectivity index (χ4n) is 4.10. The molecule has 0 spiro atoms. The summed E-state index contributed by atoms with van der Waals surface area (Å²) in [5, 5.41) is 12.1. The first-order chi connectivity index (χ1) is 17.1. The average molecular weight is 494 g/mol. The highest BCUT2D eigenvalue weighted by molar-refractivity contribution is 7.18. The quantitative estimate of drug-likeness (QED) is 0.387. The number of ether oxygens (including phenoxy) is 1. The third-order valence-electron chi connectivity index (χ3n) is 5.96. The minimum absolute atomic E-state index is 0.0568. The van der Waals surface area contributed by atoms with Crippen LogP contribution in [0.4, 0.5) is 0 Å². The Hall–Kier alpha value is -3.41. The number of carbonyl (C=O) groups excluding carboxylic acids is 1. The van der Waals surface area contributed by atoms with Crippen molar-refractivity contribution in [2.75, 3.05) is 39.4 Å². The number of pyridine rings is 2. The van der Waals surface area contributed by atoms with E-state index < -0.39 is 0 Å². The van der Waals surface area contributed by atoms with E-state index in [1.165, 1.54) is 11.3 Å². The number of amides is 1. The van der Waals surface area contributed by atoms with Gasteiger partial charge in [0.15, 0.2) is 5.65 Å². The molecule has 4 aromatic heterocycles. The van der Waals surface area contributed by atoms with Gasteiger partial charge < -0.3 is 10.1 Å². The van der Waals surface area contributed by atoms with E-state index in [0.717, 1.165) is 65.8 Å². The molecule has 0 aromatic carbocycles. The molecule has 0 unspecified atom stereocenters. The Balaban J connectivity index is 1.27. The van der Waals surface area contributed by atoms with E-state index >= 15 is 0 Å². The molecular weight excluding hydrogens is 466 g/mol. The molecule has 10 nitrogen and oxygen atoms in total. The summed E-state index contributed by atoms with van der Waals surface area (Å²) < 4.78 is 7.03. The molecule has 5 heterocycles. The maximum absolute atomic E-state index is 12.5. The molecule has 35 heavy (non-hydrogen) atoms. The van der Waals surface area contributed by atoms with Crippen molar-refractivity contribution >= 4 is 28.3 Å². The Kier molecular flexibility index (Phi) is 6.98. The molecule has 0 bridgehead atoms. The van der Waals surface area contributed by atoms with Crippen molar-refractivity contribution in [3.05, 3.63) is 52.7 Å². The van der Waals surface area contributed by atoms with Crippen LogP contribution >= 0.6 is 11.3 Å². The highest BCUT2D eigenvalue weighted by Crippen LogP contribution is 2.34. The number of fused-ring (bicyclic) bond motifs is 1. The summed E-state index contributed by atoms with van der Waals surface area (Å²) in [5.41, 5.74) is 2.63. The Labute approximate surface area is 206 Å². The summed E-state index contributed by atoms with van der Waals surface area (Å²) in [6.07, 6.45) is 4.30. The zero-order chi connectivity index (χ0) is 24.2. The zero-order valence-corrected chi connectivity index (χ0v) is 20.3. The third kappa shape index (κ3) is 5.02. The first-order valence-corrected chi connectivity index (χ1v) is 12.5. The van der Waals surface area contributed by atoms with Crippen molar-refractivity contribution in [3.8, 4) is 21.1 Å². The number of hydrogen-bond acceptors (Lipinski definition) is 8. The molecule has 1 aliphatic heterocycles. The number of carbonyl (C=O) groups is 1. The van der Waals surface area contributed by atoms with E-state index in [1.807, 2.05) is 13.0 Å². The summed E-state index contributed by atoms with van der Waals surface area (Å²) in [7, 11) is 0. The number of morpholine rings is 1. The minimum Gasteiger partial charge on any atom is -0.379 e. The molecule has 2 N–H and O–H groups in total. The van der Waals surface area contributed by atoms with E-state index in [-0.39, 0.29) is 11.5 Å². The monoisotopic (exact) mass is 493 g/mol. The van der Waals surface area contributed by atoms with Gasteiger partial charge in [-0.15, -0.1) is 11.3 Å². The zero-order valence-electron chi connectivity index (χ0n) is 19.5. The number of rotatable bonds is 8. The predicted octanol–water partition coefficient (Wildman–Crippen LogP) is 2.38. The molecule has 1 saturated heterocycles. The largest absolute Gasteiger partial charge is 0.379 e. The van der Waals surface area contributed by atoms with Crippen LogP contribution in [0.15, 0.2) is 41.5 Å². The molecule has 182 valence electrons. The van der Waals surface area contributed by atoms with E-state index in [9.17, 15) is 9.59 Å². The summed E-state index contributed by atoms with van der Waals surface area (Å²) in [5.74, 6) is -0.188. The lowest BCUT2D eigenvalue weighted by atomic mass is 10.2. The molecule has 1 amide bonds. The van der Waals surface area contributed by atoms with Gasteiger partial charge in [-0.1, -0.05) is 6.92 Å². The molecule has 4 aromatic rings. The van der Waals surface area contributed by atoms with E-state index in [4.69, 9.17) is 4.74 Å². The molecule has 0 saturated carbocycles. The second-order valence-corrected chi connectivity index (χ2v) is 9.36. The number of H-pyrrole nitrogens is 1. The summed E-state index contributed by atoms with van der Waals surface area (Å²) >= 11 is 1.50. The van der Waals surface area contributed by atoms with Gasteiger partial charge >= 0.3 is 0 Å². The van der Waals surface area contributed by atoms with Gasteiger partial charge in [0, 0.05) is 62.1 Å². The lowest BCUT2D eigenvalue weighted by Crippen LogP contribution is -2.41. The smallest absolute Gasteiger partial charge is 0.269 e. The number of aromatic amines is 1. The van der Waals surface area contributed by atoms with Crippen LogP contribution in [0.2, 0.25) is 0 Å². The van der Waals surface area contributed by atoms with E-state index in [0.29, 0.717) is 24.4 Å². The Morgan fingerprint density at radius 2 is 2.00 bits per heavy atom. The van der Waals surface area contributed by atoms with Crippen molar-refractivity contribution in [1.82, 2.24) is 34.9 Å². The van der Waals surface area contributed by atoms with Gasteiger partial charge in [0.2, 0.25) is 0 Å². The van der Waals surface area contributed by atoms with Crippen LogP contribution in [0, 0.1) is 0 Å². The second kappa shape index (κ2) is 10.5. The number of nitrogens with zero attached hydrogens (tertiary/aromatic N) is 5. The fraction of sp³-hybridized carbons (Fsp3) is 0.375. The van der Waals surface area contributed by atoms with Crippen LogP contribution < -0.4 is 10.9 Å². The Bertz CT molecular complexity index is 1370. The van der Waals surface area contributed by atoms with Crippen LogP contribution in [0.1, 0.15) is 23.8 Å². The lowest BCUT2D eigenvalue weighted by Gasteiger charge is -2.26. The predicted molar refractivity (Wildman–Crippen MR) is 135 cm³/mol. The standard InChI is InChI=1S/C24H27N7O3S/c1-2-8-31-20(32)6-4-17-21(28-29-22(17)31)19-15-27-24(35-19)16-3-5-18(26-14-16)23(33)25-7-9-30-10-12-34-13-11-30/h3-6,14-15H,2,7-13H2,1H3,(H,25,33)(H,28,29). The minimum atomic E-state index is -0.188. The normalized spacial score (nSPS) is 14.4. The van der Waals surface area contributed by atoms with Crippen LogP contribution in [-0.4, -0.2) is 74.9 Å². The van der Waals surface area contributed by atoms with Crippen LogP contribution in [-0.2, 0) is 11.3 Å². The number of aromatic nitrogens is 5. The molecule has 1 fully saturated rings. The maximum Gasteiger partial charge on any atom is 0.269 e. The number of thiazole rings is 1. The van der Waals surface area contributed by atoms with E-state index in [1.54, 1.807) is 35.2 Å². The lowest BCUT2D eigenvalue weighted by molar-refractivity contribution is 0.0383. The van der Waals surface area contributed by atoms with Crippen LogP contribution in [0.5, 0.6) is 0 Å². The fourth-order valence-corrected chi connectivity index (χ4v) is 5.02. The Morgan fingerprint density at radius 1 is 1.14 bits per heavy atom. The van der Waals surface area contributed by atoms with Gasteiger partial charge in [0.05, 0.1) is 23.8 Å². The highest BCUT2D eigenvalue weighted by atomic mass is 32.1. The summed E-state index contributed by atoms with van der Waals surface area (Å²) in [4.78, 5) is 36.7. The van der Waals surface area contributed by atoms with Crippen molar-refractivity contribution in [3.63, 3.8) is 0 Å². The van der Waals surface area contributed by atoms with E-state index in [2.05, 4.69) is 30.4 Å². The van der Waals surface area contributed by atoms with Crippen molar-refractivity contribution in [2.45, 2.75) is 19.9 Å². The topological polar surface area (TPSA) is 118 Å². The van der Waals surface area contributed by atoms with Gasteiger partial charge in [-0.2, -0.15) is 5.10 Å². The number of hydrogen-bond donors (Lipinski definition) is 2. The van der Waals surface area contributed by atoms with Crippen molar-refractivity contribution < 1.29 is 9.53 Å².